The van der Waals surface area contributed by atoms with Crippen LogP contribution in [0.15, 0.2) is 22.7 Å². The van der Waals surface area contributed by atoms with E-state index in [4.69, 9.17) is 5.73 Å². The molecule has 0 fully saturated rings. The fourth-order valence-corrected chi connectivity index (χ4v) is 2.05. The molecule has 15 heavy (non-hydrogen) atoms. The zero-order chi connectivity index (χ0) is 11.1. The van der Waals surface area contributed by atoms with Crippen LogP contribution in [-0.4, -0.2) is 13.1 Å². The van der Waals surface area contributed by atoms with Crippen LogP contribution in [0.2, 0.25) is 0 Å². The van der Waals surface area contributed by atoms with Crippen LogP contribution < -0.4 is 11.1 Å². The molecule has 84 valence electrons. The van der Waals surface area contributed by atoms with E-state index in [0.29, 0.717) is 0 Å². The molecule has 1 rings (SSSR count). The molecular formula is C12H19BrN2. The van der Waals surface area contributed by atoms with Gasteiger partial charge in [0, 0.05) is 11.0 Å². The number of halogens is 1. The topological polar surface area (TPSA) is 38.0 Å². The molecule has 3 N–H and O–H groups in total. The van der Waals surface area contributed by atoms with E-state index in [1.807, 2.05) is 0 Å². The first-order chi connectivity index (χ1) is 7.24. The van der Waals surface area contributed by atoms with Crippen molar-refractivity contribution in [2.24, 2.45) is 5.73 Å². The molecule has 1 aromatic rings. The largest absolute Gasteiger partial charge is 0.330 e. The Bertz CT molecular complexity index is 300. The highest BCUT2D eigenvalue weighted by Gasteiger charge is 1.98. The fraction of sp³-hybridized carbons (Fsp3) is 0.500. The zero-order valence-corrected chi connectivity index (χ0v) is 10.8. The second-order valence-electron chi connectivity index (χ2n) is 3.77. The number of unbranched alkanes of at least 4 members (excludes halogenated alkanes) is 1. The van der Waals surface area contributed by atoms with E-state index in [9.17, 15) is 0 Å². The van der Waals surface area contributed by atoms with Gasteiger partial charge in [0.1, 0.15) is 0 Å². The van der Waals surface area contributed by atoms with Gasteiger partial charge in [-0.3, -0.25) is 0 Å². The van der Waals surface area contributed by atoms with E-state index in [1.54, 1.807) is 0 Å². The Morgan fingerprint density at radius 3 is 2.80 bits per heavy atom. The molecule has 1 aromatic carbocycles. The normalized spacial score (nSPS) is 10.6. The number of hydrogen-bond acceptors (Lipinski definition) is 2. The Morgan fingerprint density at radius 2 is 2.13 bits per heavy atom. The Labute approximate surface area is 100 Å². The van der Waals surface area contributed by atoms with Gasteiger partial charge in [-0.05, 0) is 50.0 Å². The second-order valence-corrected chi connectivity index (χ2v) is 4.62. The van der Waals surface area contributed by atoms with Crippen LogP contribution in [0.3, 0.4) is 0 Å². The summed E-state index contributed by atoms with van der Waals surface area (Å²) in [6.07, 6.45) is 2.25. The molecular weight excluding hydrogens is 252 g/mol. The summed E-state index contributed by atoms with van der Waals surface area (Å²) in [6.45, 7) is 4.85. The molecule has 0 atom stereocenters. The van der Waals surface area contributed by atoms with E-state index < -0.39 is 0 Å². The van der Waals surface area contributed by atoms with Crippen molar-refractivity contribution in [1.29, 1.82) is 0 Å². The summed E-state index contributed by atoms with van der Waals surface area (Å²) in [5.74, 6) is 0. The summed E-state index contributed by atoms with van der Waals surface area (Å²) in [4.78, 5) is 0. The van der Waals surface area contributed by atoms with Crippen LogP contribution in [0, 0.1) is 6.92 Å². The number of rotatable bonds is 6. The average Bonchev–Trinajstić information content (AvgIpc) is 2.20. The molecule has 0 saturated carbocycles. The number of aryl methyl sites for hydroxylation is 1. The summed E-state index contributed by atoms with van der Waals surface area (Å²) in [5.41, 5.74) is 8.03. The van der Waals surface area contributed by atoms with Crippen molar-refractivity contribution in [1.82, 2.24) is 5.32 Å². The van der Waals surface area contributed by atoms with Crippen molar-refractivity contribution in [3.8, 4) is 0 Å². The third-order valence-electron chi connectivity index (χ3n) is 2.33. The van der Waals surface area contributed by atoms with E-state index in [1.165, 1.54) is 15.6 Å². The highest BCUT2D eigenvalue weighted by Crippen LogP contribution is 2.17. The quantitative estimate of drug-likeness (QED) is 0.780. The maximum Gasteiger partial charge on any atom is 0.0222 e. The lowest BCUT2D eigenvalue weighted by atomic mass is 10.1. The summed E-state index contributed by atoms with van der Waals surface area (Å²) in [5, 5.41) is 3.41. The first-order valence-corrected chi connectivity index (χ1v) is 6.19. The van der Waals surface area contributed by atoms with Gasteiger partial charge in [-0.1, -0.05) is 28.1 Å². The van der Waals surface area contributed by atoms with Crippen molar-refractivity contribution < 1.29 is 0 Å². The van der Waals surface area contributed by atoms with Crippen molar-refractivity contribution in [3.63, 3.8) is 0 Å². The van der Waals surface area contributed by atoms with Gasteiger partial charge in [-0.15, -0.1) is 0 Å². The summed E-state index contributed by atoms with van der Waals surface area (Å²) in [7, 11) is 0. The van der Waals surface area contributed by atoms with Gasteiger partial charge in [-0.25, -0.2) is 0 Å². The molecule has 0 aromatic heterocycles. The van der Waals surface area contributed by atoms with E-state index in [2.05, 4.69) is 46.4 Å². The maximum absolute atomic E-state index is 5.43. The standard InChI is InChI=1S/C12H19BrN2/c1-10-4-5-11(12(13)8-10)9-15-7-3-2-6-14/h4-5,8,15H,2-3,6-7,9,14H2,1H3. The molecule has 0 heterocycles. The monoisotopic (exact) mass is 270 g/mol. The molecule has 0 aliphatic heterocycles. The molecule has 2 nitrogen and oxygen atoms in total. The van der Waals surface area contributed by atoms with Crippen LogP contribution in [0.1, 0.15) is 24.0 Å². The minimum Gasteiger partial charge on any atom is -0.330 e. The summed E-state index contributed by atoms with van der Waals surface area (Å²) in [6, 6.07) is 6.45. The zero-order valence-electron chi connectivity index (χ0n) is 9.22. The Morgan fingerprint density at radius 1 is 1.33 bits per heavy atom. The predicted molar refractivity (Wildman–Crippen MR) is 68.9 cm³/mol. The molecule has 0 saturated heterocycles. The lowest BCUT2D eigenvalue weighted by Crippen LogP contribution is -2.16. The van der Waals surface area contributed by atoms with Crippen LogP contribution in [-0.2, 0) is 6.54 Å². The lowest BCUT2D eigenvalue weighted by molar-refractivity contribution is 0.626. The van der Waals surface area contributed by atoms with Gasteiger partial charge in [0.05, 0.1) is 0 Å². The van der Waals surface area contributed by atoms with Crippen LogP contribution >= 0.6 is 15.9 Å². The Hall–Kier alpha value is -0.380. The third kappa shape index (κ3) is 4.78. The SMILES string of the molecule is Cc1ccc(CNCCCCN)c(Br)c1. The first-order valence-electron chi connectivity index (χ1n) is 5.40. The van der Waals surface area contributed by atoms with Gasteiger partial charge in [0.2, 0.25) is 0 Å². The molecule has 0 radical (unpaired) electrons. The second kappa shape index (κ2) is 6.99. The minimum atomic E-state index is 0.788. The van der Waals surface area contributed by atoms with Crippen LogP contribution in [0.25, 0.3) is 0 Å². The predicted octanol–water partition coefficient (Wildman–Crippen LogP) is 2.59. The van der Waals surface area contributed by atoms with Gasteiger partial charge in [-0.2, -0.15) is 0 Å². The van der Waals surface area contributed by atoms with Crippen molar-refractivity contribution in [2.45, 2.75) is 26.3 Å². The van der Waals surface area contributed by atoms with Gasteiger partial charge in [0.15, 0.2) is 0 Å². The van der Waals surface area contributed by atoms with E-state index in [-0.39, 0.29) is 0 Å². The number of nitrogens with one attached hydrogen (secondary N) is 1. The molecule has 0 unspecified atom stereocenters. The van der Waals surface area contributed by atoms with Crippen molar-refractivity contribution in [2.75, 3.05) is 13.1 Å². The fourth-order valence-electron chi connectivity index (χ4n) is 1.41. The number of benzene rings is 1. The smallest absolute Gasteiger partial charge is 0.0222 e. The van der Waals surface area contributed by atoms with Gasteiger partial charge in [0.25, 0.3) is 0 Å². The third-order valence-corrected chi connectivity index (χ3v) is 3.07. The van der Waals surface area contributed by atoms with E-state index >= 15 is 0 Å². The number of nitrogens with two attached hydrogens (primary N) is 1. The van der Waals surface area contributed by atoms with Gasteiger partial charge < -0.3 is 11.1 Å². The van der Waals surface area contributed by atoms with Crippen LogP contribution in [0.5, 0.6) is 0 Å². The first kappa shape index (κ1) is 12.7. The van der Waals surface area contributed by atoms with Crippen molar-refractivity contribution in [3.05, 3.63) is 33.8 Å². The van der Waals surface area contributed by atoms with E-state index in [0.717, 1.165) is 32.5 Å². The van der Waals surface area contributed by atoms with Gasteiger partial charge >= 0.3 is 0 Å². The Kier molecular flexibility index (Phi) is 5.91. The highest BCUT2D eigenvalue weighted by atomic mass is 79.9. The minimum absolute atomic E-state index is 0.788. The Balaban J connectivity index is 2.31. The lowest BCUT2D eigenvalue weighted by Gasteiger charge is -2.07. The molecule has 3 heteroatoms. The highest BCUT2D eigenvalue weighted by molar-refractivity contribution is 9.10. The van der Waals surface area contributed by atoms with Crippen molar-refractivity contribution >= 4 is 15.9 Å². The molecule has 0 bridgehead atoms. The number of hydrogen-bond donors (Lipinski definition) is 2. The molecule has 0 aliphatic rings. The average molecular weight is 271 g/mol. The maximum atomic E-state index is 5.43. The van der Waals surface area contributed by atoms with Crippen LogP contribution in [0.4, 0.5) is 0 Å². The summed E-state index contributed by atoms with van der Waals surface area (Å²) < 4.78 is 1.19. The molecule has 0 amide bonds. The molecule has 0 spiro atoms. The molecule has 0 aliphatic carbocycles. The summed E-state index contributed by atoms with van der Waals surface area (Å²) >= 11 is 3.57.